The number of rotatable bonds is 5. The third-order valence-electron chi connectivity index (χ3n) is 3.85. The highest BCUT2D eigenvalue weighted by Crippen LogP contribution is 2.17. The van der Waals surface area contributed by atoms with Crippen LogP contribution in [-0.2, 0) is 4.79 Å². The number of aromatic nitrogens is 2. The molecule has 7 nitrogen and oxygen atoms in total. The van der Waals surface area contributed by atoms with E-state index < -0.39 is 0 Å². The topological polar surface area (TPSA) is 84.7 Å². The fraction of sp³-hybridized carbons (Fsp3) is 0.190. The second-order valence-corrected chi connectivity index (χ2v) is 6.01. The van der Waals surface area contributed by atoms with E-state index in [1.807, 2.05) is 18.2 Å². The van der Waals surface area contributed by atoms with E-state index in [-0.39, 0.29) is 25.0 Å². The average molecular weight is 376 g/mol. The number of fused-ring (bicyclic) bond motifs is 1. The Balaban J connectivity index is 1.51. The SMILES string of the molecule is CC(=O)Nc1cccc(OCC#CCNC(=O)c2c(C)nc3ccccn23)c1. The lowest BCUT2D eigenvalue weighted by Gasteiger charge is -2.05. The van der Waals surface area contributed by atoms with Gasteiger partial charge in [-0.05, 0) is 31.2 Å². The van der Waals surface area contributed by atoms with Gasteiger partial charge in [0.15, 0.2) is 0 Å². The quantitative estimate of drug-likeness (QED) is 0.670. The molecule has 1 aromatic carbocycles. The fourth-order valence-electron chi connectivity index (χ4n) is 2.70. The maximum absolute atomic E-state index is 12.4. The molecule has 2 heterocycles. The number of benzene rings is 1. The van der Waals surface area contributed by atoms with Crippen LogP contribution in [0.5, 0.6) is 5.75 Å². The lowest BCUT2D eigenvalue weighted by Crippen LogP contribution is -2.25. The van der Waals surface area contributed by atoms with Gasteiger partial charge in [0.25, 0.3) is 5.91 Å². The summed E-state index contributed by atoms with van der Waals surface area (Å²) in [5, 5.41) is 5.46. The molecular formula is C21H20N4O3. The van der Waals surface area contributed by atoms with Gasteiger partial charge in [-0.25, -0.2) is 4.98 Å². The van der Waals surface area contributed by atoms with Crippen LogP contribution < -0.4 is 15.4 Å². The number of pyridine rings is 1. The minimum absolute atomic E-state index is 0.145. The van der Waals surface area contributed by atoms with Crippen molar-refractivity contribution < 1.29 is 14.3 Å². The van der Waals surface area contributed by atoms with Crippen LogP contribution in [0.25, 0.3) is 5.65 Å². The number of anilines is 1. The molecule has 0 atom stereocenters. The van der Waals surface area contributed by atoms with Crippen molar-refractivity contribution in [2.24, 2.45) is 0 Å². The van der Waals surface area contributed by atoms with E-state index in [0.717, 1.165) is 5.65 Å². The van der Waals surface area contributed by atoms with Gasteiger partial charge in [-0.1, -0.05) is 24.0 Å². The van der Waals surface area contributed by atoms with Crippen LogP contribution in [-0.4, -0.2) is 34.4 Å². The molecule has 7 heteroatoms. The number of carbonyl (C=O) groups is 2. The third-order valence-corrected chi connectivity index (χ3v) is 3.85. The summed E-state index contributed by atoms with van der Waals surface area (Å²) in [7, 11) is 0. The standard InChI is InChI=1S/C21H20N4O3/c1-15-20(25-12-5-3-10-19(25)23-15)21(27)22-11-4-6-13-28-18-9-7-8-17(14-18)24-16(2)26/h3,5,7-10,12,14H,11,13H2,1-2H3,(H,22,27)(H,24,26). The molecule has 142 valence electrons. The Morgan fingerprint density at radius 1 is 1.18 bits per heavy atom. The molecule has 0 fully saturated rings. The number of hydrogen-bond acceptors (Lipinski definition) is 4. The minimum atomic E-state index is -0.227. The molecule has 2 N–H and O–H groups in total. The number of nitrogens with zero attached hydrogens (tertiary/aromatic N) is 2. The molecule has 2 aromatic heterocycles. The number of nitrogens with one attached hydrogen (secondary N) is 2. The first-order chi connectivity index (χ1) is 13.5. The van der Waals surface area contributed by atoms with Crippen molar-refractivity contribution in [3.63, 3.8) is 0 Å². The first kappa shape index (κ1) is 19.0. The Hall–Kier alpha value is -3.79. The number of amides is 2. The van der Waals surface area contributed by atoms with E-state index in [2.05, 4.69) is 27.5 Å². The monoisotopic (exact) mass is 376 g/mol. The van der Waals surface area contributed by atoms with Crippen molar-refractivity contribution in [1.29, 1.82) is 0 Å². The van der Waals surface area contributed by atoms with Crippen molar-refractivity contribution in [2.45, 2.75) is 13.8 Å². The van der Waals surface area contributed by atoms with Gasteiger partial charge in [-0.15, -0.1) is 0 Å². The summed E-state index contributed by atoms with van der Waals surface area (Å²) in [5.74, 6) is 5.94. The second kappa shape index (κ2) is 8.73. The highest BCUT2D eigenvalue weighted by molar-refractivity contribution is 5.94. The summed E-state index contributed by atoms with van der Waals surface area (Å²) in [4.78, 5) is 27.9. The molecule has 3 rings (SSSR count). The summed E-state index contributed by atoms with van der Waals surface area (Å²) in [6, 6.07) is 12.6. The van der Waals surface area contributed by atoms with E-state index in [9.17, 15) is 9.59 Å². The first-order valence-corrected chi connectivity index (χ1v) is 8.72. The molecule has 2 amide bonds. The normalized spacial score (nSPS) is 10.1. The van der Waals surface area contributed by atoms with Crippen molar-refractivity contribution >= 4 is 23.1 Å². The molecule has 0 unspecified atom stereocenters. The van der Waals surface area contributed by atoms with Crippen LogP contribution in [0.2, 0.25) is 0 Å². The van der Waals surface area contributed by atoms with E-state index in [0.29, 0.717) is 22.8 Å². The molecule has 0 spiro atoms. The van der Waals surface area contributed by atoms with Crippen molar-refractivity contribution in [1.82, 2.24) is 14.7 Å². The Morgan fingerprint density at radius 3 is 2.86 bits per heavy atom. The number of aryl methyl sites for hydroxylation is 1. The van der Waals surface area contributed by atoms with Crippen LogP contribution in [0.3, 0.4) is 0 Å². The average Bonchev–Trinajstić information content (AvgIpc) is 3.00. The Morgan fingerprint density at radius 2 is 2.04 bits per heavy atom. The molecule has 0 radical (unpaired) electrons. The smallest absolute Gasteiger partial charge is 0.270 e. The van der Waals surface area contributed by atoms with Crippen molar-refractivity contribution in [3.8, 4) is 17.6 Å². The molecule has 28 heavy (non-hydrogen) atoms. The molecule has 3 aromatic rings. The summed E-state index contributed by atoms with van der Waals surface area (Å²) < 4.78 is 7.29. The summed E-state index contributed by atoms with van der Waals surface area (Å²) in [6.07, 6.45) is 1.80. The van der Waals surface area contributed by atoms with Crippen LogP contribution >= 0.6 is 0 Å². The molecule has 0 aliphatic carbocycles. The molecule has 0 saturated carbocycles. The molecule has 0 aliphatic rings. The third kappa shape index (κ3) is 4.68. The zero-order chi connectivity index (χ0) is 19.9. The summed E-state index contributed by atoms with van der Waals surface area (Å²) in [5.41, 5.74) is 2.56. The van der Waals surface area contributed by atoms with Gasteiger partial charge < -0.3 is 15.4 Å². The van der Waals surface area contributed by atoms with Crippen LogP contribution in [0.15, 0.2) is 48.7 Å². The molecular weight excluding hydrogens is 356 g/mol. The van der Waals surface area contributed by atoms with Gasteiger partial charge in [-0.3, -0.25) is 14.0 Å². The molecule has 0 bridgehead atoms. The number of imidazole rings is 1. The highest BCUT2D eigenvalue weighted by Gasteiger charge is 2.15. The van der Waals surface area contributed by atoms with E-state index in [1.165, 1.54) is 6.92 Å². The number of hydrogen-bond donors (Lipinski definition) is 2. The maximum atomic E-state index is 12.4. The Bertz CT molecular complexity index is 1080. The number of ether oxygens (including phenoxy) is 1. The summed E-state index contributed by atoms with van der Waals surface area (Å²) in [6.45, 7) is 3.62. The zero-order valence-electron chi connectivity index (χ0n) is 15.7. The predicted molar refractivity (Wildman–Crippen MR) is 106 cm³/mol. The zero-order valence-corrected chi connectivity index (χ0v) is 15.7. The lowest BCUT2D eigenvalue weighted by atomic mass is 10.3. The fourth-order valence-corrected chi connectivity index (χ4v) is 2.70. The lowest BCUT2D eigenvalue weighted by molar-refractivity contribution is -0.114. The van der Waals surface area contributed by atoms with Gasteiger partial charge in [0.2, 0.25) is 5.91 Å². The molecule has 0 saturated heterocycles. The van der Waals surface area contributed by atoms with Crippen LogP contribution in [0.4, 0.5) is 5.69 Å². The molecule has 0 aliphatic heterocycles. The van der Waals surface area contributed by atoms with Crippen molar-refractivity contribution in [3.05, 3.63) is 60.0 Å². The van der Waals surface area contributed by atoms with Gasteiger partial charge in [0.1, 0.15) is 23.7 Å². The number of carbonyl (C=O) groups excluding carboxylic acids is 2. The van der Waals surface area contributed by atoms with Crippen LogP contribution in [0.1, 0.15) is 23.1 Å². The van der Waals surface area contributed by atoms with Gasteiger partial charge >= 0.3 is 0 Å². The minimum Gasteiger partial charge on any atom is -0.481 e. The Kier molecular flexibility index (Phi) is 5.92. The van der Waals surface area contributed by atoms with Gasteiger partial charge in [0.05, 0.1) is 12.2 Å². The van der Waals surface area contributed by atoms with E-state index in [1.54, 1.807) is 41.8 Å². The second-order valence-electron chi connectivity index (χ2n) is 6.01. The van der Waals surface area contributed by atoms with Crippen LogP contribution in [0, 0.1) is 18.8 Å². The van der Waals surface area contributed by atoms with Gasteiger partial charge in [0, 0.05) is 24.9 Å². The van der Waals surface area contributed by atoms with E-state index >= 15 is 0 Å². The van der Waals surface area contributed by atoms with Gasteiger partial charge in [-0.2, -0.15) is 0 Å². The predicted octanol–water partition coefficient (Wildman–Crippen LogP) is 2.41. The maximum Gasteiger partial charge on any atom is 0.270 e. The highest BCUT2D eigenvalue weighted by atomic mass is 16.5. The summed E-state index contributed by atoms with van der Waals surface area (Å²) >= 11 is 0. The Labute approximate surface area is 162 Å². The largest absolute Gasteiger partial charge is 0.481 e. The van der Waals surface area contributed by atoms with E-state index in [4.69, 9.17) is 4.74 Å². The van der Waals surface area contributed by atoms with Crippen molar-refractivity contribution in [2.75, 3.05) is 18.5 Å². The first-order valence-electron chi connectivity index (χ1n) is 8.72.